The Labute approximate surface area is 237 Å². The minimum Gasteiger partial charge on any atom is -0.339 e. The molecule has 1 aliphatic heterocycles. The van der Waals surface area contributed by atoms with Gasteiger partial charge in [-0.3, -0.25) is 9.36 Å². The summed E-state index contributed by atoms with van der Waals surface area (Å²) >= 11 is 0. The number of fused-ring (bicyclic) bond motifs is 2. The normalized spacial score (nSPS) is 17.2. The number of carbonyl (C=O) groups excluding carboxylic acids is 1. The zero-order chi connectivity index (χ0) is 27.9. The van der Waals surface area contributed by atoms with Gasteiger partial charge in [0, 0.05) is 43.3 Å². The van der Waals surface area contributed by atoms with Gasteiger partial charge in [-0.2, -0.15) is 5.10 Å². The van der Waals surface area contributed by atoms with Crippen molar-refractivity contribution in [1.29, 1.82) is 0 Å². The molecule has 2 aromatic carbocycles. The number of piperidine rings is 1. The molecule has 1 atom stereocenters. The van der Waals surface area contributed by atoms with Crippen LogP contribution in [0.3, 0.4) is 0 Å². The second-order valence-corrected chi connectivity index (χ2v) is 10.7. The van der Waals surface area contributed by atoms with Crippen LogP contribution in [0.5, 0.6) is 0 Å². The number of benzene rings is 2. The van der Waals surface area contributed by atoms with E-state index in [0.29, 0.717) is 34.4 Å². The molecule has 0 bridgehead atoms. The summed E-state index contributed by atoms with van der Waals surface area (Å²) in [5, 5.41) is 8.18. The van der Waals surface area contributed by atoms with Crippen LogP contribution < -0.4 is 5.32 Å². The molecule has 0 saturated carbocycles. The van der Waals surface area contributed by atoms with Gasteiger partial charge < -0.3 is 10.2 Å². The van der Waals surface area contributed by atoms with E-state index in [1.807, 2.05) is 39.9 Å². The molecule has 1 fully saturated rings. The third-order valence-corrected chi connectivity index (χ3v) is 8.22. The fourth-order valence-corrected chi connectivity index (χ4v) is 6.14. The van der Waals surface area contributed by atoms with Crippen LogP contribution in [0.15, 0.2) is 85.7 Å². The van der Waals surface area contributed by atoms with Gasteiger partial charge in [-0.05, 0) is 85.4 Å². The van der Waals surface area contributed by atoms with E-state index in [-0.39, 0.29) is 17.8 Å². The van der Waals surface area contributed by atoms with E-state index in [1.54, 1.807) is 23.0 Å². The molecule has 5 aromatic rings. The number of nitrogens with one attached hydrogen (secondary N) is 1. The largest absolute Gasteiger partial charge is 0.339 e. The van der Waals surface area contributed by atoms with E-state index in [9.17, 15) is 4.79 Å². The van der Waals surface area contributed by atoms with Crippen LogP contribution in [0, 0.1) is 5.82 Å². The molecule has 4 heterocycles. The Morgan fingerprint density at radius 2 is 1.88 bits per heavy atom. The Kier molecular flexibility index (Phi) is 6.43. The quantitative estimate of drug-likeness (QED) is 0.297. The minimum absolute atomic E-state index is 0.00945. The molecule has 0 radical (unpaired) electrons. The smallest absolute Gasteiger partial charge is 0.245 e. The second kappa shape index (κ2) is 10.4. The van der Waals surface area contributed by atoms with Crippen molar-refractivity contribution in [1.82, 2.24) is 34.5 Å². The molecule has 1 N–H and O–H groups in total. The first-order valence-corrected chi connectivity index (χ1v) is 14.0. The van der Waals surface area contributed by atoms with Crippen LogP contribution in [0.4, 0.5) is 4.39 Å². The van der Waals surface area contributed by atoms with Crippen LogP contribution in [-0.4, -0.2) is 54.3 Å². The predicted molar refractivity (Wildman–Crippen MR) is 155 cm³/mol. The van der Waals surface area contributed by atoms with Crippen molar-refractivity contribution in [2.45, 2.75) is 37.8 Å². The number of halogens is 1. The maximum atomic E-state index is 15.1. The summed E-state index contributed by atoms with van der Waals surface area (Å²) in [7, 11) is 0. The fourth-order valence-electron chi connectivity index (χ4n) is 6.14. The molecule has 206 valence electrons. The zero-order valence-corrected chi connectivity index (χ0v) is 22.6. The van der Waals surface area contributed by atoms with Gasteiger partial charge in [0.2, 0.25) is 5.91 Å². The number of pyridine rings is 1. The van der Waals surface area contributed by atoms with Crippen LogP contribution in [-0.2, 0) is 11.2 Å². The lowest BCUT2D eigenvalue weighted by molar-refractivity contribution is -0.127. The van der Waals surface area contributed by atoms with Crippen LogP contribution in [0.1, 0.15) is 36.4 Å². The Balaban J connectivity index is 1.24. The SMILES string of the molecule is C=CC(=O)N1CCC(NC2CCc3cc(-n4c(-c5ccccc5F)nc5ccc(-n6cccn6)nc54)ccc32)CC1. The fraction of sp³-hybridized carbons (Fsp3) is 0.250. The minimum atomic E-state index is -0.331. The third kappa shape index (κ3) is 4.62. The molecule has 1 saturated heterocycles. The standard InChI is InChI=1S/C32H30FN7O/c1-2-30(41)38-18-14-22(15-19-38)35-27-11-8-21-20-23(9-10-24(21)27)40-31(25-6-3-4-7-26(25)33)36-28-12-13-29(37-32(28)40)39-17-5-16-34-39/h2-7,9-10,12-13,16-17,20,22,27,35H,1,8,11,14-15,18-19H2. The first-order valence-electron chi connectivity index (χ1n) is 14.0. The van der Waals surface area contributed by atoms with Crippen molar-refractivity contribution in [2.75, 3.05) is 13.1 Å². The van der Waals surface area contributed by atoms with E-state index in [2.05, 4.69) is 35.2 Å². The molecule has 8 nitrogen and oxygen atoms in total. The number of hydrogen-bond donors (Lipinski definition) is 1. The van der Waals surface area contributed by atoms with Gasteiger partial charge in [-0.25, -0.2) is 19.0 Å². The van der Waals surface area contributed by atoms with Crippen molar-refractivity contribution in [3.8, 4) is 22.9 Å². The third-order valence-electron chi connectivity index (χ3n) is 8.22. The molecule has 1 unspecified atom stereocenters. The number of hydrogen-bond acceptors (Lipinski definition) is 5. The van der Waals surface area contributed by atoms with Crippen LogP contribution in [0.2, 0.25) is 0 Å². The summed E-state index contributed by atoms with van der Waals surface area (Å²) in [6.45, 7) is 5.11. The number of imidazole rings is 1. The van der Waals surface area contributed by atoms with Crippen molar-refractivity contribution in [2.24, 2.45) is 0 Å². The lowest BCUT2D eigenvalue weighted by Crippen LogP contribution is -2.45. The van der Waals surface area contributed by atoms with E-state index in [0.717, 1.165) is 44.5 Å². The molecule has 2 aliphatic rings. The molecule has 9 heteroatoms. The monoisotopic (exact) mass is 547 g/mol. The highest BCUT2D eigenvalue weighted by molar-refractivity contribution is 5.87. The average Bonchev–Trinajstić information content (AvgIpc) is 3.76. The van der Waals surface area contributed by atoms with Crippen LogP contribution in [0.25, 0.3) is 34.1 Å². The van der Waals surface area contributed by atoms with Crippen molar-refractivity contribution in [3.63, 3.8) is 0 Å². The highest BCUT2D eigenvalue weighted by Crippen LogP contribution is 2.36. The number of amides is 1. The Morgan fingerprint density at radius 1 is 1.02 bits per heavy atom. The first-order chi connectivity index (χ1) is 20.1. The Bertz CT molecular complexity index is 1750. The number of aryl methyl sites for hydroxylation is 1. The molecule has 7 rings (SSSR count). The number of carbonyl (C=O) groups is 1. The summed E-state index contributed by atoms with van der Waals surface area (Å²) in [6, 6.07) is 19.4. The maximum Gasteiger partial charge on any atom is 0.245 e. The summed E-state index contributed by atoms with van der Waals surface area (Å²) in [6.07, 6.45) is 8.77. The van der Waals surface area contributed by atoms with E-state index >= 15 is 4.39 Å². The zero-order valence-electron chi connectivity index (χ0n) is 22.6. The molecule has 0 spiro atoms. The van der Waals surface area contributed by atoms with Crippen molar-refractivity contribution >= 4 is 17.1 Å². The Morgan fingerprint density at radius 3 is 2.66 bits per heavy atom. The van der Waals surface area contributed by atoms with Gasteiger partial charge in [0.1, 0.15) is 17.2 Å². The topological polar surface area (TPSA) is 80.9 Å². The highest BCUT2D eigenvalue weighted by Gasteiger charge is 2.29. The summed E-state index contributed by atoms with van der Waals surface area (Å²) in [5.41, 5.74) is 5.20. The van der Waals surface area contributed by atoms with E-state index in [4.69, 9.17) is 9.97 Å². The first kappa shape index (κ1) is 25.3. The van der Waals surface area contributed by atoms with Crippen molar-refractivity contribution in [3.05, 3.63) is 103 Å². The van der Waals surface area contributed by atoms with Gasteiger partial charge in [0.15, 0.2) is 11.5 Å². The van der Waals surface area contributed by atoms with Crippen LogP contribution >= 0.6 is 0 Å². The molecule has 41 heavy (non-hydrogen) atoms. The number of nitrogens with zero attached hydrogens (tertiary/aromatic N) is 6. The van der Waals surface area contributed by atoms with E-state index in [1.165, 1.54) is 23.3 Å². The predicted octanol–water partition coefficient (Wildman–Crippen LogP) is 5.17. The molecular weight excluding hydrogens is 517 g/mol. The Hall–Kier alpha value is -4.63. The number of aromatic nitrogens is 5. The maximum absolute atomic E-state index is 15.1. The lowest BCUT2D eigenvalue weighted by atomic mass is 10.0. The van der Waals surface area contributed by atoms with Gasteiger partial charge in [0.05, 0.1) is 5.56 Å². The number of likely N-dealkylation sites (tertiary alicyclic amines) is 1. The van der Waals surface area contributed by atoms with Gasteiger partial charge in [0.25, 0.3) is 0 Å². The molecule has 1 amide bonds. The average molecular weight is 548 g/mol. The van der Waals surface area contributed by atoms with Gasteiger partial charge in [-0.15, -0.1) is 0 Å². The van der Waals surface area contributed by atoms with Gasteiger partial charge >= 0.3 is 0 Å². The van der Waals surface area contributed by atoms with Crippen molar-refractivity contribution < 1.29 is 9.18 Å². The molecule has 3 aromatic heterocycles. The summed E-state index contributed by atoms with van der Waals surface area (Å²) in [5.74, 6) is 0.851. The molecule has 1 aliphatic carbocycles. The summed E-state index contributed by atoms with van der Waals surface area (Å²) < 4.78 is 18.7. The van der Waals surface area contributed by atoms with Gasteiger partial charge in [-0.1, -0.05) is 24.8 Å². The molecular formula is C32H30FN7O. The highest BCUT2D eigenvalue weighted by atomic mass is 19.1. The van der Waals surface area contributed by atoms with E-state index < -0.39 is 0 Å². The lowest BCUT2D eigenvalue weighted by Gasteiger charge is -2.33. The summed E-state index contributed by atoms with van der Waals surface area (Å²) in [4.78, 5) is 23.6. The number of rotatable bonds is 6. The second-order valence-electron chi connectivity index (χ2n) is 10.7.